The number of carbonyl (C=O) groups excluding carboxylic acids is 1. The van der Waals surface area contributed by atoms with Gasteiger partial charge in [0.15, 0.2) is 5.82 Å². The van der Waals surface area contributed by atoms with Crippen molar-refractivity contribution < 1.29 is 17.9 Å². The monoisotopic (exact) mass is 472 g/mol. The summed E-state index contributed by atoms with van der Waals surface area (Å²) in [5.74, 6) is 1.43. The van der Waals surface area contributed by atoms with Crippen LogP contribution in [-0.2, 0) is 27.7 Å². The van der Waals surface area contributed by atoms with Crippen molar-refractivity contribution in [2.75, 3.05) is 43.2 Å². The Morgan fingerprint density at radius 2 is 1.82 bits per heavy atom. The predicted octanol–water partition coefficient (Wildman–Crippen LogP) is 1.58. The van der Waals surface area contributed by atoms with Crippen molar-refractivity contribution in [3.05, 3.63) is 35.5 Å². The van der Waals surface area contributed by atoms with Gasteiger partial charge in [-0.15, -0.1) is 0 Å². The average Bonchev–Trinajstić information content (AvgIpc) is 3.15. The molecule has 1 aromatic heterocycles. The van der Waals surface area contributed by atoms with Gasteiger partial charge < -0.3 is 20.3 Å². The third kappa shape index (κ3) is 4.53. The lowest BCUT2D eigenvalue weighted by Crippen LogP contribution is -2.44. The lowest BCUT2D eigenvalue weighted by atomic mass is 10.0. The van der Waals surface area contributed by atoms with Gasteiger partial charge in [0.05, 0.1) is 30.7 Å². The maximum atomic E-state index is 12.2. The van der Waals surface area contributed by atoms with Crippen molar-refractivity contribution in [3.63, 3.8) is 0 Å². The molecule has 0 spiro atoms. The number of benzene rings is 1. The number of nitrogens with zero attached hydrogens (tertiary/aromatic N) is 4. The number of sulfonamides is 1. The summed E-state index contributed by atoms with van der Waals surface area (Å²) in [5.41, 5.74) is 3.23. The number of ether oxygens (including phenoxy) is 1. The Labute approximate surface area is 193 Å². The number of hydrogen-bond donors (Lipinski definition) is 2. The van der Waals surface area contributed by atoms with Crippen molar-refractivity contribution in [1.29, 1.82) is 0 Å². The van der Waals surface area contributed by atoms with E-state index in [4.69, 9.17) is 14.7 Å². The molecule has 2 atom stereocenters. The van der Waals surface area contributed by atoms with Crippen LogP contribution < -0.4 is 15.5 Å². The van der Waals surface area contributed by atoms with Gasteiger partial charge in [-0.2, -0.15) is 4.31 Å². The highest BCUT2D eigenvalue weighted by molar-refractivity contribution is 7.88. The van der Waals surface area contributed by atoms with Gasteiger partial charge in [0.25, 0.3) is 0 Å². The number of morpholine rings is 1. The first-order valence-electron chi connectivity index (χ1n) is 11.1. The number of rotatable bonds is 4. The van der Waals surface area contributed by atoms with E-state index in [1.807, 2.05) is 12.1 Å². The second kappa shape index (κ2) is 8.54. The Morgan fingerprint density at radius 3 is 2.45 bits per heavy atom. The summed E-state index contributed by atoms with van der Waals surface area (Å²) in [5, 5.41) is 5.26. The maximum Gasteiger partial charge on any atom is 0.318 e. The molecule has 11 heteroatoms. The van der Waals surface area contributed by atoms with Gasteiger partial charge in [-0.3, -0.25) is 0 Å². The minimum Gasteiger partial charge on any atom is -0.371 e. The number of amides is 2. The molecule has 0 radical (unpaired) electrons. The summed E-state index contributed by atoms with van der Waals surface area (Å²) in [4.78, 5) is 23.6. The second-order valence-corrected chi connectivity index (χ2v) is 10.8. The summed E-state index contributed by atoms with van der Waals surface area (Å²) in [6.45, 7) is 2.23. The maximum absolute atomic E-state index is 12.2. The molecule has 4 heterocycles. The van der Waals surface area contributed by atoms with E-state index in [1.165, 1.54) is 10.6 Å². The van der Waals surface area contributed by atoms with Crippen LogP contribution >= 0.6 is 0 Å². The van der Waals surface area contributed by atoms with Gasteiger partial charge in [0.2, 0.25) is 10.0 Å². The molecule has 2 N–H and O–H groups in total. The number of nitrogens with one attached hydrogen (secondary N) is 2. The number of hydrogen-bond acceptors (Lipinski definition) is 7. The van der Waals surface area contributed by atoms with Crippen LogP contribution in [-0.4, -0.2) is 73.9 Å². The molecule has 3 aliphatic rings. The first-order valence-corrected chi connectivity index (χ1v) is 13.0. The molecule has 0 saturated carbocycles. The lowest BCUT2D eigenvalue weighted by Gasteiger charge is -2.36. The number of fused-ring (bicyclic) bond motifs is 3. The van der Waals surface area contributed by atoms with Crippen LogP contribution in [0.15, 0.2) is 24.3 Å². The molecule has 5 rings (SSSR count). The highest BCUT2D eigenvalue weighted by Gasteiger charge is 2.37. The molecule has 2 fully saturated rings. The molecule has 10 nitrogen and oxygen atoms in total. The van der Waals surface area contributed by atoms with E-state index in [9.17, 15) is 13.2 Å². The quantitative estimate of drug-likeness (QED) is 0.694. The van der Waals surface area contributed by atoms with Crippen molar-refractivity contribution >= 4 is 27.6 Å². The number of carbonyl (C=O) groups is 1. The predicted molar refractivity (Wildman–Crippen MR) is 125 cm³/mol. The molecule has 1 aromatic carbocycles. The fourth-order valence-corrected chi connectivity index (χ4v) is 5.52. The van der Waals surface area contributed by atoms with E-state index < -0.39 is 10.0 Å². The molecule has 0 aliphatic carbocycles. The average molecular weight is 473 g/mol. The molecule has 2 saturated heterocycles. The topological polar surface area (TPSA) is 117 Å². The number of aromatic nitrogens is 2. The summed E-state index contributed by atoms with van der Waals surface area (Å²) in [6.07, 6.45) is 4.36. The van der Waals surface area contributed by atoms with Gasteiger partial charge in [-0.05, 0) is 43.5 Å². The van der Waals surface area contributed by atoms with Gasteiger partial charge >= 0.3 is 6.03 Å². The molecular weight excluding hydrogens is 444 g/mol. The second-order valence-electron chi connectivity index (χ2n) is 8.79. The van der Waals surface area contributed by atoms with Crippen LogP contribution in [0, 0.1) is 0 Å². The Bertz CT molecular complexity index is 1160. The van der Waals surface area contributed by atoms with Gasteiger partial charge in [0.1, 0.15) is 5.82 Å². The first-order chi connectivity index (χ1) is 15.8. The van der Waals surface area contributed by atoms with Crippen LogP contribution in [0.4, 0.5) is 16.3 Å². The lowest BCUT2D eigenvalue weighted by molar-refractivity contribution is 0.0301. The van der Waals surface area contributed by atoms with Crippen LogP contribution in [0.2, 0.25) is 0 Å². The fraction of sp³-hybridized carbons (Fsp3) is 0.500. The Hall–Kier alpha value is -2.76. The zero-order chi connectivity index (χ0) is 23.2. The van der Waals surface area contributed by atoms with E-state index in [0.29, 0.717) is 24.5 Å². The number of anilines is 2. The van der Waals surface area contributed by atoms with Gasteiger partial charge in [-0.25, -0.2) is 23.2 Å². The summed E-state index contributed by atoms with van der Waals surface area (Å²) >= 11 is 0. The van der Waals surface area contributed by atoms with Crippen LogP contribution in [0.3, 0.4) is 0 Å². The van der Waals surface area contributed by atoms with Gasteiger partial charge in [0, 0.05) is 43.5 Å². The largest absolute Gasteiger partial charge is 0.371 e. The molecule has 3 aliphatic heterocycles. The van der Waals surface area contributed by atoms with Crippen molar-refractivity contribution in [1.82, 2.24) is 19.6 Å². The molecule has 2 unspecified atom stereocenters. The summed E-state index contributed by atoms with van der Waals surface area (Å²) in [6, 6.07) is 7.02. The van der Waals surface area contributed by atoms with Crippen molar-refractivity contribution in [2.45, 2.75) is 38.0 Å². The van der Waals surface area contributed by atoms with E-state index >= 15 is 0 Å². The van der Waals surface area contributed by atoms with E-state index in [-0.39, 0.29) is 24.8 Å². The zero-order valence-corrected chi connectivity index (χ0v) is 19.6. The van der Waals surface area contributed by atoms with E-state index in [1.54, 1.807) is 19.2 Å². The van der Waals surface area contributed by atoms with E-state index in [0.717, 1.165) is 48.6 Å². The smallest absolute Gasteiger partial charge is 0.318 e. The summed E-state index contributed by atoms with van der Waals surface area (Å²) in [7, 11) is -1.76. The summed E-state index contributed by atoms with van der Waals surface area (Å²) < 4.78 is 31.9. The molecular formula is C22H28N6O4S. The third-order valence-corrected chi connectivity index (χ3v) is 7.70. The molecule has 33 heavy (non-hydrogen) atoms. The fourth-order valence-electron chi connectivity index (χ4n) is 4.74. The van der Waals surface area contributed by atoms with Crippen molar-refractivity contribution in [2.24, 2.45) is 0 Å². The van der Waals surface area contributed by atoms with Crippen molar-refractivity contribution in [3.8, 4) is 11.4 Å². The standard InChI is InChI=1S/C22H28N6O4S/c1-23-22(29)24-15-5-3-14(4-6-15)20-25-19-13-28(33(2,30)31)10-9-18(19)21(26-20)27-11-16-7-8-17(12-27)32-16/h3-6,16-17H,7-13H2,1-2H3,(H2,23,24,29). The Kier molecular flexibility index (Phi) is 5.71. The minimum absolute atomic E-state index is 0.212. The molecule has 176 valence electrons. The van der Waals surface area contributed by atoms with E-state index in [2.05, 4.69) is 15.5 Å². The SMILES string of the molecule is CNC(=O)Nc1ccc(-c2nc3c(c(N4CC5CCC(C4)O5)n2)CCN(S(C)(=O)=O)C3)cc1. The van der Waals surface area contributed by atoms with Crippen LogP contribution in [0.25, 0.3) is 11.4 Å². The zero-order valence-electron chi connectivity index (χ0n) is 18.7. The normalized spacial score (nSPS) is 22.7. The third-order valence-electron chi connectivity index (χ3n) is 6.45. The highest BCUT2D eigenvalue weighted by atomic mass is 32.2. The molecule has 2 amide bonds. The highest BCUT2D eigenvalue weighted by Crippen LogP contribution is 2.35. The van der Waals surface area contributed by atoms with Gasteiger partial charge in [-0.1, -0.05) is 0 Å². The van der Waals surface area contributed by atoms with Crippen LogP contribution in [0.5, 0.6) is 0 Å². The number of urea groups is 1. The Morgan fingerprint density at radius 1 is 1.12 bits per heavy atom. The first kappa shape index (κ1) is 22.1. The molecule has 2 aromatic rings. The molecule has 2 bridgehead atoms. The minimum atomic E-state index is -3.32. The Balaban J connectivity index is 1.52. The van der Waals surface area contributed by atoms with Crippen LogP contribution in [0.1, 0.15) is 24.1 Å².